The van der Waals surface area contributed by atoms with E-state index in [0.717, 1.165) is 102 Å². The summed E-state index contributed by atoms with van der Waals surface area (Å²) in [4.78, 5) is 17.3. The Hall–Kier alpha value is -6.88. The van der Waals surface area contributed by atoms with E-state index >= 15 is 0 Å². The Morgan fingerprint density at radius 3 is 1.62 bits per heavy atom. The zero-order chi connectivity index (χ0) is 49.6. The minimum absolute atomic E-state index is 0.246. The van der Waals surface area contributed by atoms with Crippen molar-refractivity contribution < 1.29 is 4.39 Å². The first-order chi connectivity index (χ1) is 35.2. The molecule has 9 nitrogen and oxygen atoms in total. The van der Waals surface area contributed by atoms with Gasteiger partial charge in [-0.2, -0.15) is 0 Å². The minimum atomic E-state index is -0.246. The molecule has 0 saturated carbocycles. The summed E-state index contributed by atoms with van der Waals surface area (Å²) in [5.41, 5.74) is 12.6. The van der Waals surface area contributed by atoms with Crippen molar-refractivity contribution in [2.24, 2.45) is 0 Å². The van der Waals surface area contributed by atoms with Crippen molar-refractivity contribution in [1.82, 2.24) is 33.5 Å². The lowest BCUT2D eigenvalue weighted by Gasteiger charge is -2.13. The number of anilines is 4. The molecule has 0 amide bonds. The smallest absolute Gasteiger partial charge is 0.220 e. The predicted octanol–water partition coefficient (Wildman–Crippen LogP) is 18.1. The topological polar surface area (TPSA) is 92.8 Å². The average molecular weight is 1270 g/mol. The quantitative estimate of drug-likeness (QED) is 0.144. The molecule has 354 valence electrons. The van der Waals surface area contributed by atoms with Gasteiger partial charge < -0.3 is 15.6 Å². The summed E-state index contributed by atoms with van der Waals surface area (Å²) in [7, 11) is 0. The van der Waals surface area contributed by atoms with Crippen molar-refractivity contribution in [3.63, 3.8) is 0 Å². The first-order valence-corrected chi connectivity index (χ1v) is 26.4. The van der Waals surface area contributed by atoms with Crippen molar-refractivity contribution in [3.8, 4) is 11.4 Å². The van der Waals surface area contributed by atoms with E-state index in [1.165, 1.54) is 6.07 Å². The maximum absolute atomic E-state index is 12.5. The third-order valence-corrected chi connectivity index (χ3v) is 14.0. The molecule has 15 heteroatoms. The number of hydrogen-bond acceptors (Lipinski definition) is 5. The van der Waals surface area contributed by atoms with Gasteiger partial charge in [-0.05, 0) is 159 Å². The van der Waals surface area contributed by atoms with Gasteiger partial charge in [0, 0.05) is 35.0 Å². The highest BCUT2D eigenvalue weighted by molar-refractivity contribution is 9.11. The fourth-order valence-corrected chi connectivity index (χ4v) is 9.71. The molecule has 0 aliphatic heterocycles. The van der Waals surface area contributed by atoms with Gasteiger partial charge in [0.25, 0.3) is 0 Å². The molecule has 0 aliphatic rings. The maximum atomic E-state index is 12.5. The van der Waals surface area contributed by atoms with Gasteiger partial charge in [-0.15, -0.1) is 0 Å². The number of halogens is 6. The number of fused-ring (bicyclic) bond motifs is 7. The number of imidazole rings is 4. The van der Waals surface area contributed by atoms with Gasteiger partial charge in [-0.3, -0.25) is 13.5 Å². The molecule has 13 aromatic rings. The normalized spacial score (nSPS) is 10.9. The van der Waals surface area contributed by atoms with Crippen LogP contribution in [-0.2, 0) is 0 Å². The van der Waals surface area contributed by atoms with Crippen molar-refractivity contribution in [3.05, 3.63) is 247 Å². The number of para-hydroxylation sites is 9. The molecule has 13 rings (SSSR count). The van der Waals surface area contributed by atoms with E-state index in [-0.39, 0.29) is 5.82 Å². The van der Waals surface area contributed by atoms with Gasteiger partial charge >= 0.3 is 0 Å². The Kier molecular flexibility index (Phi) is 15.1. The van der Waals surface area contributed by atoms with Crippen LogP contribution in [0.4, 0.5) is 27.7 Å². The van der Waals surface area contributed by atoms with Gasteiger partial charge in [-0.1, -0.05) is 139 Å². The highest BCUT2D eigenvalue weighted by Crippen LogP contribution is 2.34. The van der Waals surface area contributed by atoms with E-state index in [9.17, 15) is 4.39 Å². The molecule has 4 heterocycles. The monoisotopic (exact) mass is 1260 g/mol. The van der Waals surface area contributed by atoms with Gasteiger partial charge in [0.1, 0.15) is 5.82 Å². The van der Waals surface area contributed by atoms with Crippen molar-refractivity contribution in [1.29, 1.82) is 0 Å². The Bertz CT molecular complexity index is 3940. The van der Waals surface area contributed by atoms with Gasteiger partial charge in [0.2, 0.25) is 17.7 Å². The van der Waals surface area contributed by atoms with Crippen LogP contribution in [-0.4, -0.2) is 33.5 Å². The molecule has 72 heavy (non-hydrogen) atoms. The standard InChI is InChI=1S/C19H13Br2N3.C19H12BrN3.C13H11N3.C6H3Br2F/c20-13-10-11-15(21)18(12-13)24-17-9-5-4-8-16(17)23-19(24)22-14-6-2-1-3-7-14;20-13-10-11-17-18(12-13)23-16-9-5-4-8-15(16)21-19(23)22(17)14-6-2-1-3-7-14;1-2-6-10(7-3-1)14-13-15-11-8-4-5-9-12(11)16-13;7-4-1-2-5(8)6(9)3-4/h1-12H,(H,22,23);1-12H;1-9H,(H2,14,15,16);1-3H. The van der Waals surface area contributed by atoms with Crippen LogP contribution in [0.1, 0.15) is 0 Å². The van der Waals surface area contributed by atoms with Crippen LogP contribution in [0.3, 0.4) is 0 Å². The molecule has 0 atom stereocenters. The van der Waals surface area contributed by atoms with Crippen molar-refractivity contribution in [2.75, 3.05) is 10.6 Å². The summed E-state index contributed by atoms with van der Waals surface area (Å²) >= 11 is 17.0. The highest BCUT2D eigenvalue weighted by atomic mass is 79.9. The van der Waals surface area contributed by atoms with Crippen LogP contribution in [0.15, 0.2) is 241 Å². The lowest BCUT2D eigenvalue weighted by molar-refractivity contribution is 0.620. The molecule has 0 bridgehead atoms. The number of rotatable bonds is 6. The second-order valence-electron chi connectivity index (χ2n) is 16.0. The van der Waals surface area contributed by atoms with Crippen LogP contribution in [0.5, 0.6) is 0 Å². The second kappa shape index (κ2) is 22.3. The molecule has 0 radical (unpaired) electrons. The summed E-state index contributed by atoms with van der Waals surface area (Å²) in [6.45, 7) is 0. The Morgan fingerprint density at radius 2 is 0.958 bits per heavy atom. The van der Waals surface area contributed by atoms with Crippen LogP contribution in [0.25, 0.3) is 61.3 Å². The zero-order valence-electron chi connectivity index (χ0n) is 37.7. The van der Waals surface area contributed by atoms with E-state index in [1.54, 1.807) is 12.1 Å². The fraction of sp³-hybridized carbons (Fsp3) is 0. The van der Waals surface area contributed by atoms with E-state index in [2.05, 4.69) is 187 Å². The van der Waals surface area contributed by atoms with Gasteiger partial charge in [0.15, 0.2) is 0 Å². The van der Waals surface area contributed by atoms with Crippen LogP contribution >= 0.6 is 79.6 Å². The Balaban J connectivity index is 0.000000116. The van der Waals surface area contributed by atoms with Crippen LogP contribution in [0.2, 0.25) is 0 Å². The summed E-state index contributed by atoms with van der Waals surface area (Å²) in [5, 5.41) is 6.65. The SMILES string of the molecule is Brc1ccc(Br)c(-n2c(Nc3ccccc3)nc3ccccc32)c1.Brc1ccc2c(c1)n1c3ccccc3nc1n2-c1ccccc1.Fc1cc(Br)ccc1Br.c1ccc(Nc2nc3ccccc3[nH]2)cc1. The number of nitrogens with zero attached hydrogens (tertiary/aromatic N) is 6. The summed E-state index contributed by atoms with van der Waals surface area (Å²) in [6.07, 6.45) is 0. The van der Waals surface area contributed by atoms with Crippen molar-refractivity contribution >= 4 is 153 Å². The van der Waals surface area contributed by atoms with E-state index in [0.29, 0.717) is 4.47 Å². The van der Waals surface area contributed by atoms with Crippen LogP contribution in [0, 0.1) is 5.82 Å². The molecular weight excluding hydrogens is 1230 g/mol. The molecule has 3 N–H and O–H groups in total. The molecule has 0 unspecified atom stereocenters. The van der Waals surface area contributed by atoms with E-state index in [4.69, 9.17) is 9.97 Å². The Labute approximate surface area is 455 Å². The average Bonchev–Trinajstić information content (AvgIpc) is 4.17. The van der Waals surface area contributed by atoms with Crippen LogP contribution < -0.4 is 10.6 Å². The minimum Gasteiger partial charge on any atom is -0.326 e. The highest BCUT2D eigenvalue weighted by Gasteiger charge is 2.18. The van der Waals surface area contributed by atoms with Gasteiger partial charge in [0.05, 0.1) is 54.3 Å². The number of hydrogen-bond donors (Lipinski definition) is 3. The molecule has 0 aliphatic carbocycles. The number of H-pyrrole nitrogens is 1. The number of aromatic nitrogens is 7. The molecule has 0 saturated heterocycles. The summed E-state index contributed by atoms with van der Waals surface area (Å²) in [5.74, 6) is 2.24. The maximum Gasteiger partial charge on any atom is 0.220 e. The molecule has 4 aromatic heterocycles. The van der Waals surface area contributed by atoms with E-state index < -0.39 is 0 Å². The molecular formula is C57H39Br5FN9. The fourth-order valence-electron chi connectivity index (χ4n) is 8.01. The number of nitrogens with one attached hydrogen (secondary N) is 3. The number of benzene rings is 9. The summed E-state index contributed by atoms with van der Waals surface area (Å²) in [6, 6.07) is 72.1. The van der Waals surface area contributed by atoms with Gasteiger partial charge in [-0.25, -0.2) is 19.3 Å². The third kappa shape index (κ3) is 11.0. The largest absolute Gasteiger partial charge is 0.326 e. The first kappa shape index (κ1) is 48.7. The number of aromatic amines is 1. The predicted molar refractivity (Wildman–Crippen MR) is 311 cm³/mol. The summed E-state index contributed by atoms with van der Waals surface area (Å²) < 4.78 is 23.4. The van der Waals surface area contributed by atoms with Crippen molar-refractivity contribution in [2.45, 2.75) is 0 Å². The lowest BCUT2D eigenvalue weighted by Crippen LogP contribution is -2.02. The van der Waals surface area contributed by atoms with E-state index in [1.807, 2.05) is 127 Å². The molecule has 9 aromatic carbocycles. The Morgan fingerprint density at radius 1 is 0.417 bits per heavy atom. The first-order valence-electron chi connectivity index (χ1n) is 22.4. The molecule has 0 spiro atoms. The zero-order valence-corrected chi connectivity index (χ0v) is 45.7. The lowest BCUT2D eigenvalue weighted by atomic mass is 10.2. The molecule has 0 fully saturated rings. The second-order valence-corrected chi connectivity index (χ2v) is 20.5. The third-order valence-electron chi connectivity index (χ3n) is 11.2.